The molecule has 0 spiro atoms. The third-order valence-electron chi connectivity index (χ3n) is 2.34. The highest BCUT2D eigenvalue weighted by atomic mass is 32.2. The van der Waals surface area contributed by atoms with Crippen LogP contribution in [0.15, 0.2) is 41.7 Å². The minimum Gasteiger partial charge on any atom is -0.366 e. The van der Waals surface area contributed by atoms with Gasteiger partial charge >= 0.3 is 0 Å². The Morgan fingerprint density at radius 3 is 2.81 bits per heavy atom. The molecule has 84 valence electrons. The molecule has 2 aromatic rings. The van der Waals surface area contributed by atoms with E-state index in [9.17, 15) is 0 Å². The molecule has 0 aliphatic carbocycles. The summed E-state index contributed by atoms with van der Waals surface area (Å²) in [5, 5.41) is 3.29. The van der Waals surface area contributed by atoms with Crippen molar-refractivity contribution in [2.45, 2.75) is 11.4 Å². The maximum absolute atomic E-state index is 4.33. The van der Waals surface area contributed by atoms with Crippen molar-refractivity contribution in [3.63, 3.8) is 0 Å². The van der Waals surface area contributed by atoms with E-state index in [0.717, 1.165) is 12.4 Å². The molecule has 3 nitrogen and oxygen atoms in total. The van der Waals surface area contributed by atoms with Crippen molar-refractivity contribution in [3.05, 3.63) is 42.4 Å². The smallest absolute Gasteiger partial charge is 0.126 e. The summed E-state index contributed by atoms with van der Waals surface area (Å²) in [5.74, 6) is 0.918. The largest absolute Gasteiger partial charge is 0.366 e. The minimum absolute atomic E-state index is 0.812. The molecule has 0 fully saturated rings. The molecular formula is C12H15N3S. The van der Waals surface area contributed by atoms with Crippen LogP contribution >= 0.6 is 11.8 Å². The molecule has 0 aromatic carbocycles. The fraction of sp³-hybridized carbons (Fsp3) is 0.250. The molecule has 16 heavy (non-hydrogen) atoms. The van der Waals surface area contributed by atoms with Crippen molar-refractivity contribution in [1.82, 2.24) is 9.55 Å². The van der Waals surface area contributed by atoms with E-state index in [2.05, 4.69) is 28.6 Å². The van der Waals surface area contributed by atoms with Gasteiger partial charge in [0.1, 0.15) is 5.82 Å². The van der Waals surface area contributed by atoms with Gasteiger partial charge in [0.25, 0.3) is 0 Å². The minimum atomic E-state index is 0.812. The summed E-state index contributed by atoms with van der Waals surface area (Å²) in [6.07, 6.45) is 8.08. The highest BCUT2D eigenvalue weighted by Crippen LogP contribution is 2.15. The van der Waals surface area contributed by atoms with Crippen LogP contribution < -0.4 is 5.32 Å². The Bertz CT molecular complexity index is 448. The molecule has 0 radical (unpaired) electrons. The monoisotopic (exact) mass is 233 g/mol. The fourth-order valence-electron chi connectivity index (χ4n) is 1.46. The molecular weight excluding hydrogens is 218 g/mol. The average Bonchev–Trinajstić information content (AvgIpc) is 2.73. The number of aryl methyl sites for hydroxylation is 1. The number of hydrogen-bond donors (Lipinski definition) is 1. The van der Waals surface area contributed by atoms with Gasteiger partial charge in [-0.25, -0.2) is 4.98 Å². The molecule has 0 saturated heterocycles. The van der Waals surface area contributed by atoms with Gasteiger partial charge in [0.15, 0.2) is 0 Å². The number of nitrogens with zero attached hydrogens (tertiary/aromatic N) is 2. The van der Waals surface area contributed by atoms with Crippen LogP contribution in [0, 0.1) is 0 Å². The van der Waals surface area contributed by atoms with E-state index in [1.165, 1.54) is 10.5 Å². The van der Waals surface area contributed by atoms with E-state index < -0.39 is 0 Å². The topological polar surface area (TPSA) is 29.9 Å². The first-order valence-electron chi connectivity index (χ1n) is 5.12. The summed E-state index contributed by atoms with van der Waals surface area (Å²) in [6.45, 7) is 0.812. The van der Waals surface area contributed by atoms with Crippen molar-refractivity contribution in [3.8, 4) is 0 Å². The van der Waals surface area contributed by atoms with Gasteiger partial charge in [-0.3, -0.25) is 0 Å². The van der Waals surface area contributed by atoms with Crippen LogP contribution in [-0.4, -0.2) is 15.8 Å². The molecule has 2 aromatic heterocycles. The number of pyridine rings is 1. The van der Waals surface area contributed by atoms with Crippen LogP contribution in [0.25, 0.3) is 0 Å². The van der Waals surface area contributed by atoms with Gasteiger partial charge in [-0.1, -0.05) is 0 Å². The highest BCUT2D eigenvalue weighted by Gasteiger charge is 1.97. The average molecular weight is 233 g/mol. The lowest BCUT2D eigenvalue weighted by Crippen LogP contribution is -2.00. The van der Waals surface area contributed by atoms with Gasteiger partial charge in [0.05, 0.1) is 0 Å². The number of rotatable bonds is 4. The first-order chi connectivity index (χ1) is 7.78. The van der Waals surface area contributed by atoms with Crippen LogP contribution in [0.4, 0.5) is 5.82 Å². The van der Waals surface area contributed by atoms with E-state index >= 15 is 0 Å². The van der Waals surface area contributed by atoms with E-state index in [1.54, 1.807) is 11.8 Å². The standard InChI is InChI=1S/C12H15N3S/c1-15-6-5-10(9-15)7-13-12-4-3-11(16-2)8-14-12/h3-6,8-9H,7H2,1-2H3,(H,13,14). The van der Waals surface area contributed by atoms with E-state index in [4.69, 9.17) is 0 Å². The van der Waals surface area contributed by atoms with Crippen LogP contribution in [0.2, 0.25) is 0 Å². The summed E-state index contributed by atoms with van der Waals surface area (Å²) in [5.41, 5.74) is 1.26. The Kier molecular flexibility index (Phi) is 3.51. The summed E-state index contributed by atoms with van der Waals surface area (Å²) < 4.78 is 2.04. The molecule has 4 heteroatoms. The zero-order chi connectivity index (χ0) is 11.4. The number of anilines is 1. The first-order valence-corrected chi connectivity index (χ1v) is 6.35. The Hall–Kier alpha value is -1.42. The Morgan fingerprint density at radius 2 is 2.25 bits per heavy atom. The SMILES string of the molecule is CSc1ccc(NCc2ccn(C)c2)nc1. The third-order valence-corrected chi connectivity index (χ3v) is 3.05. The maximum atomic E-state index is 4.33. The molecule has 1 N–H and O–H groups in total. The van der Waals surface area contributed by atoms with E-state index in [1.807, 2.05) is 36.3 Å². The van der Waals surface area contributed by atoms with Crippen molar-refractivity contribution >= 4 is 17.6 Å². The predicted octanol–water partition coefficient (Wildman–Crippen LogP) is 2.75. The quantitative estimate of drug-likeness (QED) is 0.824. The molecule has 2 heterocycles. The molecule has 2 rings (SSSR count). The molecule has 0 amide bonds. The van der Waals surface area contributed by atoms with E-state index in [0.29, 0.717) is 0 Å². The summed E-state index contributed by atoms with van der Waals surface area (Å²) >= 11 is 1.70. The maximum Gasteiger partial charge on any atom is 0.126 e. The fourth-order valence-corrected chi connectivity index (χ4v) is 1.83. The third kappa shape index (κ3) is 2.79. The van der Waals surface area contributed by atoms with Crippen LogP contribution in [0.3, 0.4) is 0 Å². The Balaban J connectivity index is 1.94. The van der Waals surface area contributed by atoms with Gasteiger partial charge in [-0.2, -0.15) is 0 Å². The zero-order valence-corrected chi connectivity index (χ0v) is 10.3. The predicted molar refractivity (Wildman–Crippen MR) is 68.8 cm³/mol. The Labute approximate surface area is 99.9 Å². The summed E-state index contributed by atoms with van der Waals surface area (Å²) in [7, 11) is 2.02. The second-order valence-corrected chi connectivity index (χ2v) is 4.50. The van der Waals surface area contributed by atoms with Gasteiger partial charge in [0.2, 0.25) is 0 Å². The lowest BCUT2D eigenvalue weighted by atomic mass is 10.3. The highest BCUT2D eigenvalue weighted by molar-refractivity contribution is 7.98. The normalized spacial score (nSPS) is 10.4. The van der Waals surface area contributed by atoms with Crippen LogP contribution in [0.1, 0.15) is 5.56 Å². The van der Waals surface area contributed by atoms with Crippen molar-refractivity contribution in [1.29, 1.82) is 0 Å². The lowest BCUT2D eigenvalue weighted by molar-refractivity contribution is 0.919. The summed E-state index contributed by atoms with van der Waals surface area (Å²) in [4.78, 5) is 5.52. The molecule has 0 unspecified atom stereocenters. The molecule has 0 atom stereocenters. The van der Waals surface area contributed by atoms with Gasteiger partial charge in [-0.15, -0.1) is 11.8 Å². The van der Waals surface area contributed by atoms with Gasteiger partial charge in [0, 0.05) is 37.1 Å². The molecule has 0 aliphatic heterocycles. The Morgan fingerprint density at radius 1 is 1.38 bits per heavy atom. The number of aromatic nitrogens is 2. The van der Waals surface area contributed by atoms with E-state index in [-0.39, 0.29) is 0 Å². The molecule has 0 aliphatic rings. The molecule has 0 bridgehead atoms. The van der Waals surface area contributed by atoms with Gasteiger partial charge < -0.3 is 9.88 Å². The second kappa shape index (κ2) is 5.07. The summed E-state index contributed by atoms with van der Waals surface area (Å²) in [6, 6.07) is 6.18. The number of hydrogen-bond acceptors (Lipinski definition) is 3. The van der Waals surface area contributed by atoms with Crippen molar-refractivity contribution < 1.29 is 0 Å². The zero-order valence-electron chi connectivity index (χ0n) is 9.47. The number of thioether (sulfide) groups is 1. The van der Waals surface area contributed by atoms with Crippen molar-refractivity contribution in [2.24, 2.45) is 7.05 Å². The van der Waals surface area contributed by atoms with Gasteiger partial charge in [-0.05, 0) is 30.0 Å². The van der Waals surface area contributed by atoms with Crippen LogP contribution in [-0.2, 0) is 13.6 Å². The number of nitrogens with one attached hydrogen (secondary N) is 1. The molecule has 0 saturated carbocycles. The second-order valence-electron chi connectivity index (χ2n) is 3.62. The van der Waals surface area contributed by atoms with Crippen molar-refractivity contribution in [2.75, 3.05) is 11.6 Å². The lowest BCUT2D eigenvalue weighted by Gasteiger charge is -2.04. The first kappa shape index (κ1) is 11.1. The van der Waals surface area contributed by atoms with Crippen LogP contribution in [0.5, 0.6) is 0 Å².